The van der Waals surface area contributed by atoms with Crippen molar-refractivity contribution in [3.63, 3.8) is 0 Å². The van der Waals surface area contributed by atoms with Gasteiger partial charge in [-0.15, -0.1) is 15.3 Å². The molecule has 0 spiro atoms. The molecular formula is C14H12F3N5O. The minimum atomic E-state index is -4.64. The molecule has 0 saturated carbocycles. The quantitative estimate of drug-likeness (QED) is 0.770. The zero-order valence-corrected chi connectivity index (χ0v) is 11.7. The standard InChI is InChI=1S/C14H12F3N5O/c15-14(16,17)13-20-19-12-7-6-11(21-22(12)13)18-8-10(23)9-4-2-1-3-5-9/h1-7,10,23H,8H2,(H,18,21). The number of hydrogen-bond acceptors (Lipinski definition) is 5. The Morgan fingerprint density at radius 3 is 2.52 bits per heavy atom. The Kier molecular flexibility index (Phi) is 3.87. The van der Waals surface area contributed by atoms with Gasteiger partial charge in [-0.3, -0.25) is 0 Å². The van der Waals surface area contributed by atoms with Crippen LogP contribution in [0, 0.1) is 0 Å². The third kappa shape index (κ3) is 3.24. The first-order valence-electron chi connectivity index (χ1n) is 6.72. The molecule has 3 rings (SSSR count). The van der Waals surface area contributed by atoms with Crippen molar-refractivity contribution in [1.82, 2.24) is 19.8 Å². The van der Waals surface area contributed by atoms with E-state index in [1.165, 1.54) is 12.1 Å². The highest BCUT2D eigenvalue weighted by Crippen LogP contribution is 2.27. The first kappa shape index (κ1) is 15.2. The van der Waals surface area contributed by atoms with Crippen molar-refractivity contribution in [3.05, 3.63) is 53.9 Å². The number of anilines is 1. The topological polar surface area (TPSA) is 75.3 Å². The van der Waals surface area contributed by atoms with E-state index in [9.17, 15) is 18.3 Å². The zero-order chi connectivity index (χ0) is 16.4. The van der Waals surface area contributed by atoms with Crippen LogP contribution < -0.4 is 5.32 Å². The SMILES string of the molecule is OC(CNc1ccc2nnc(C(F)(F)F)n2n1)c1ccccc1. The smallest absolute Gasteiger partial charge is 0.387 e. The van der Waals surface area contributed by atoms with Gasteiger partial charge in [0.15, 0.2) is 5.65 Å². The van der Waals surface area contributed by atoms with Gasteiger partial charge in [0.2, 0.25) is 0 Å². The molecule has 2 aromatic heterocycles. The summed E-state index contributed by atoms with van der Waals surface area (Å²) in [5.74, 6) is -1.02. The predicted octanol–water partition coefficient (Wildman–Crippen LogP) is 2.29. The molecule has 1 atom stereocenters. The molecule has 2 heterocycles. The van der Waals surface area contributed by atoms with Crippen LogP contribution in [0.3, 0.4) is 0 Å². The summed E-state index contributed by atoms with van der Waals surface area (Å²) in [5.41, 5.74) is 0.688. The molecule has 0 radical (unpaired) electrons. The van der Waals surface area contributed by atoms with Crippen molar-refractivity contribution in [2.75, 3.05) is 11.9 Å². The first-order valence-corrected chi connectivity index (χ1v) is 6.72. The molecule has 2 N–H and O–H groups in total. The molecule has 1 aromatic carbocycles. The van der Waals surface area contributed by atoms with Crippen LogP contribution >= 0.6 is 0 Å². The lowest BCUT2D eigenvalue weighted by Crippen LogP contribution is -2.16. The fourth-order valence-electron chi connectivity index (χ4n) is 2.05. The predicted molar refractivity (Wildman–Crippen MR) is 75.7 cm³/mol. The fraction of sp³-hybridized carbons (Fsp3) is 0.214. The Labute approximate surface area is 128 Å². The molecule has 3 aromatic rings. The minimum absolute atomic E-state index is 0.00789. The lowest BCUT2D eigenvalue weighted by molar-refractivity contribution is -0.146. The summed E-state index contributed by atoms with van der Waals surface area (Å²) < 4.78 is 39.0. The molecule has 9 heteroatoms. The molecule has 0 aliphatic carbocycles. The van der Waals surface area contributed by atoms with Crippen LogP contribution in [0.4, 0.5) is 19.0 Å². The number of nitrogens with one attached hydrogen (secondary N) is 1. The van der Waals surface area contributed by atoms with E-state index in [1.807, 2.05) is 6.07 Å². The lowest BCUT2D eigenvalue weighted by Gasteiger charge is -2.12. The van der Waals surface area contributed by atoms with Crippen molar-refractivity contribution in [3.8, 4) is 0 Å². The molecule has 0 aliphatic rings. The monoisotopic (exact) mass is 323 g/mol. The van der Waals surface area contributed by atoms with E-state index >= 15 is 0 Å². The summed E-state index contributed by atoms with van der Waals surface area (Å²) in [4.78, 5) is 0. The van der Waals surface area contributed by atoms with Crippen molar-refractivity contribution >= 4 is 11.5 Å². The van der Waals surface area contributed by atoms with Crippen LogP contribution in [-0.4, -0.2) is 31.5 Å². The van der Waals surface area contributed by atoms with Crippen LogP contribution in [0.1, 0.15) is 17.5 Å². The summed E-state index contributed by atoms with van der Waals surface area (Å²) in [6, 6.07) is 11.7. The van der Waals surface area contributed by atoms with E-state index in [0.717, 1.165) is 0 Å². The van der Waals surface area contributed by atoms with Gasteiger partial charge in [-0.2, -0.15) is 17.7 Å². The van der Waals surface area contributed by atoms with Crippen LogP contribution in [0.15, 0.2) is 42.5 Å². The van der Waals surface area contributed by atoms with E-state index in [4.69, 9.17) is 0 Å². The molecule has 6 nitrogen and oxygen atoms in total. The highest BCUT2D eigenvalue weighted by molar-refractivity contribution is 5.44. The van der Waals surface area contributed by atoms with Gasteiger partial charge in [0.1, 0.15) is 5.82 Å². The van der Waals surface area contributed by atoms with Crippen LogP contribution in [0.2, 0.25) is 0 Å². The van der Waals surface area contributed by atoms with Crippen LogP contribution in [0.25, 0.3) is 5.65 Å². The molecule has 0 aliphatic heterocycles. The van der Waals surface area contributed by atoms with Crippen molar-refractivity contribution in [2.45, 2.75) is 12.3 Å². The number of benzene rings is 1. The van der Waals surface area contributed by atoms with E-state index in [0.29, 0.717) is 10.1 Å². The Hall–Kier alpha value is -2.68. The molecule has 0 bridgehead atoms. The third-order valence-corrected chi connectivity index (χ3v) is 3.18. The summed E-state index contributed by atoms with van der Waals surface area (Å²) in [7, 11) is 0. The maximum Gasteiger partial charge on any atom is 0.453 e. The molecule has 120 valence electrons. The van der Waals surface area contributed by atoms with Crippen LogP contribution in [0.5, 0.6) is 0 Å². The second-order valence-electron chi connectivity index (χ2n) is 4.82. The molecule has 23 heavy (non-hydrogen) atoms. The highest BCUT2D eigenvalue weighted by atomic mass is 19.4. The summed E-state index contributed by atoms with van der Waals surface area (Å²) in [6.45, 7) is 0.103. The van der Waals surface area contributed by atoms with E-state index in [1.54, 1.807) is 24.3 Å². The van der Waals surface area contributed by atoms with Gasteiger partial charge in [0, 0.05) is 6.54 Å². The number of alkyl halides is 3. The first-order chi connectivity index (χ1) is 10.9. The number of fused-ring (bicyclic) bond motifs is 1. The lowest BCUT2D eigenvalue weighted by atomic mass is 10.1. The second kappa shape index (κ2) is 5.84. The maximum atomic E-state index is 12.8. The molecule has 0 fully saturated rings. The Morgan fingerprint density at radius 1 is 1.09 bits per heavy atom. The van der Waals surface area contributed by atoms with Gasteiger partial charge in [-0.05, 0) is 17.7 Å². The maximum absolute atomic E-state index is 12.8. The van der Waals surface area contributed by atoms with Gasteiger partial charge < -0.3 is 10.4 Å². The summed E-state index contributed by atoms with van der Waals surface area (Å²) in [5, 5.41) is 23.2. The summed E-state index contributed by atoms with van der Waals surface area (Å²) >= 11 is 0. The minimum Gasteiger partial charge on any atom is -0.387 e. The van der Waals surface area contributed by atoms with Gasteiger partial charge in [-0.25, -0.2) is 0 Å². The molecule has 1 unspecified atom stereocenters. The normalized spacial score (nSPS) is 13.2. The molecular weight excluding hydrogens is 311 g/mol. The van der Waals surface area contributed by atoms with Gasteiger partial charge in [-0.1, -0.05) is 30.3 Å². The largest absolute Gasteiger partial charge is 0.453 e. The Morgan fingerprint density at radius 2 is 1.83 bits per heavy atom. The Bertz CT molecular complexity index is 803. The van der Waals surface area contributed by atoms with E-state index in [2.05, 4.69) is 20.6 Å². The highest BCUT2D eigenvalue weighted by Gasteiger charge is 2.37. The Balaban J connectivity index is 1.78. The van der Waals surface area contributed by atoms with E-state index < -0.39 is 18.1 Å². The van der Waals surface area contributed by atoms with Gasteiger partial charge in [0.05, 0.1) is 6.10 Å². The number of aliphatic hydroxyl groups excluding tert-OH is 1. The third-order valence-electron chi connectivity index (χ3n) is 3.18. The van der Waals surface area contributed by atoms with Crippen molar-refractivity contribution in [1.29, 1.82) is 0 Å². The van der Waals surface area contributed by atoms with Gasteiger partial charge in [0.25, 0.3) is 5.82 Å². The van der Waals surface area contributed by atoms with Crippen molar-refractivity contribution < 1.29 is 18.3 Å². The average Bonchev–Trinajstić information content (AvgIpc) is 2.96. The second-order valence-corrected chi connectivity index (χ2v) is 4.82. The summed E-state index contributed by atoms with van der Waals surface area (Å²) in [6.07, 6.45) is -5.45. The number of halogens is 3. The number of aliphatic hydroxyl groups is 1. The van der Waals surface area contributed by atoms with E-state index in [-0.39, 0.29) is 18.0 Å². The number of hydrogen-bond donors (Lipinski definition) is 2. The van der Waals surface area contributed by atoms with Crippen molar-refractivity contribution in [2.24, 2.45) is 0 Å². The van der Waals surface area contributed by atoms with Crippen LogP contribution in [-0.2, 0) is 6.18 Å². The number of aromatic nitrogens is 4. The number of nitrogens with zero attached hydrogens (tertiary/aromatic N) is 4. The number of rotatable bonds is 4. The fourth-order valence-corrected chi connectivity index (χ4v) is 2.05. The molecule has 0 amide bonds. The van der Waals surface area contributed by atoms with Gasteiger partial charge >= 0.3 is 6.18 Å². The molecule has 0 saturated heterocycles. The average molecular weight is 323 g/mol. The zero-order valence-electron chi connectivity index (χ0n) is 11.7.